The molecule has 0 aliphatic carbocycles. The summed E-state index contributed by atoms with van der Waals surface area (Å²) in [7, 11) is -3.87. The van der Waals surface area contributed by atoms with Crippen LogP contribution in [-0.2, 0) is 16.2 Å². The summed E-state index contributed by atoms with van der Waals surface area (Å²) in [6.45, 7) is 2.70. The third-order valence-electron chi connectivity index (χ3n) is 5.61. The van der Waals surface area contributed by atoms with Gasteiger partial charge in [-0.15, -0.1) is 15.3 Å². The van der Waals surface area contributed by atoms with Gasteiger partial charge in [-0.2, -0.15) is 22.0 Å². The highest BCUT2D eigenvalue weighted by molar-refractivity contribution is 7.89. The standard InChI is InChI=1S/C18H17F3N6O2S/c1-11-22-23-16-6-7-17(24-26(11)16)25-9-13-8-14(10-25)27(13)30(28,29)15-4-2-12(3-5-15)18(19,20)21/h2-7,13-14H,8-10H2,1H3. The molecule has 3 fully saturated rings. The van der Waals surface area contributed by atoms with Gasteiger partial charge < -0.3 is 4.90 Å². The summed E-state index contributed by atoms with van der Waals surface area (Å²) < 4.78 is 67.4. The molecule has 0 N–H and O–H groups in total. The molecule has 8 nitrogen and oxygen atoms in total. The summed E-state index contributed by atoms with van der Waals surface area (Å²) in [5.74, 6) is 1.35. The Bertz CT molecular complexity index is 1210. The zero-order valence-electron chi connectivity index (χ0n) is 15.8. The van der Waals surface area contributed by atoms with Crippen LogP contribution in [0.2, 0.25) is 0 Å². The highest BCUT2D eigenvalue weighted by Gasteiger charge is 2.51. The monoisotopic (exact) mass is 438 g/mol. The maximum absolute atomic E-state index is 13.0. The molecule has 1 aromatic carbocycles. The van der Waals surface area contributed by atoms with Crippen LogP contribution in [-0.4, -0.2) is 57.7 Å². The third kappa shape index (κ3) is 2.93. The van der Waals surface area contributed by atoms with E-state index in [1.54, 1.807) is 17.5 Å². The van der Waals surface area contributed by atoms with Crippen LogP contribution in [0.3, 0.4) is 0 Å². The van der Waals surface area contributed by atoms with Crippen LogP contribution in [0.1, 0.15) is 17.8 Å². The zero-order valence-corrected chi connectivity index (χ0v) is 16.6. The van der Waals surface area contributed by atoms with Gasteiger partial charge in [-0.1, -0.05) is 0 Å². The van der Waals surface area contributed by atoms with Crippen molar-refractivity contribution in [1.82, 2.24) is 24.1 Å². The van der Waals surface area contributed by atoms with Crippen LogP contribution in [0, 0.1) is 6.92 Å². The molecule has 3 aliphatic rings. The van der Waals surface area contributed by atoms with Crippen LogP contribution in [0.5, 0.6) is 0 Å². The number of hydrogen-bond donors (Lipinski definition) is 0. The minimum Gasteiger partial charge on any atom is -0.352 e. The average Bonchev–Trinajstić information content (AvgIpc) is 3.07. The van der Waals surface area contributed by atoms with Gasteiger partial charge in [0.25, 0.3) is 0 Å². The Morgan fingerprint density at radius 2 is 1.67 bits per heavy atom. The number of benzene rings is 1. The molecule has 30 heavy (non-hydrogen) atoms. The average molecular weight is 438 g/mol. The lowest BCUT2D eigenvalue weighted by Gasteiger charge is -2.55. The van der Waals surface area contributed by atoms with Crippen LogP contribution < -0.4 is 4.90 Å². The quantitative estimate of drug-likeness (QED) is 0.623. The predicted molar refractivity (Wildman–Crippen MR) is 100 cm³/mol. The van der Waals surface area contributed by atoms with E-state index in [1.165, 1.54) is 4.31 Å². The summed E-state index contributed by atoms with van der Waals surface area (Å²) >= 11 is 0. The van der Waals surface area contributed by atoms with Gasteiger partial charge in [0, 0.05) is 25.2 Å². The predicted octanol–water partition coefficient (Wildman–Crippen LogP) is 2.10. The lowest BCUT2D eigenvalue weighted by molar-refractivity contribution is -0.137. The molecule has 3 aromatic rings. The summed E-state index contributed by atoms with van der Waals surface area (Å²) in [5.41, 5.74) is -0.243. The van der Waals surface area contributed by atoms with Crippen molar-refractivity contribution < 1.29 is 21.6 Å². The molecule has 0 spiro atoms. The Morgan fingerprint density at radius 3 is 2.30 bits per heavy atom. The smallest absolute Gasteiger partial charge is 0.352 e. The first kappa shape index (κ1) is 19.2. The van der Waals surface area contributed by atoms with E-state index in [0.717, 1.165) is 24.3 Å². The largest absolute Gasteiger partial charge is 0.416 e. The number of nitrogens with zero attached hydrogens (tertiary/aromatic N) is 6. The number of fused-ring (bicyclic) bond motifs is 3. The van der Waals surface area contributed by atoms with Gasteiger partial charge in [0.05, 0.1) is 10.5 Å². The van der Waals surface area contributed by atoms with Gasteiger partial charge >= 0.3 is 6.18 Å². The molecule has 0 saturated carbocycles. The molecule has 2 bridgehead atoms. The number of aryl methyl sites for hydroxylation is 1. The highest BCUT2D eigenvalue weighted by atomic mass is 32.2. The molecule has 0 amide bonds. The van der Waals surface area contributed by atoms with Crippen LogP contribution in [0.25, 0.3) is 5.65 Å². The maximum Gasteiger partial charge on any atom is 0.416 e. The van der Waals surface area contributed by atoms with Crippen LogP contribution in [0.15, 0.2) is 41.3 Å². The fourth-order valence-electron chi connectivity index (χ4n) is 4.15. The van der Waals surface area contributed by atoms with Crippen molar-refractivity contribution in [2.24, 2.45) is 0 Å². The van der Waals surface area contributed by atoms with Crippen molar-refractivity contribution in [3.05, 3.63) is 47.8 Å². The second-order valence-electron chi connectivity index (χ2n) is 7.51. The number of alkyl halides is 3. The summed E-state index contributed by atoms with van der Waals surface area (Å²) in [6.07, 6.45) is -3.79. The van der Waals surface area contributed by atoms with Crippen molar-refractivity contribution in [2.75, 3.05) is 18.0 Å². The maximum atomic E-state index is 13.0. The molecule has 6 rings (SSSR count). The van der Waals surface area contributed by atoms with Gasteiger partial charge in [0.2, 0.25) is 10.0 Å². The van der Waals surface area contributed by atoms with Crippen molar-refractivity contribution in [3.8, 4) is 0 Å². The topological polar surface area (TPSA) is 83.7 Å². The molecule has 0 radical (unpaired) electrons. The molecule has 2 aromatic heterocycles. The number of sulfonamides is 1. The fourth-order valence-corrected chi connectivity index (χ4v) is 5.96. The molecule has 5 heterocycles. The third-order valence-corrected chi connectivity index (χ3v) is 7.63. The first-order valence-corrected chi connectivity index (χ1v) is 10.7. The van der Waals surface area contributed by atoms with E-state index >= 15 is 0 Å². The van der Waals surface area contributed by atoms with Gasteiger partial charge in [0.1, 0.15) is 5.82 Å². The lowest BCUT2D eigenvalue weighted by atomic mass is 9.91. The van der Waals surface area contributed by atoms with Crippen molar-refractivity contribution in [1.29, 1.82) is 0 Å². The fraction of sp³-hybridized carbons (Fsp3) is 0.389. The molecule has 3 aliphatic heterocycles. The van der Waals surface area contributed by atoms with E-state index in [-0.39, 0.29) is 17.0 Å². The first-order valence-electron chi connectivity index (χ1n) is 9.29. The Kier molecular flexibility index (Phi) is 4.09. The number of anilines is 1. The molecule has 3 saturated heterocycles. The van der Waals surface area contributed by atoms with Gasteiger partial charge in [-0.05, 0) is 49.7 Å². The Labute approximate surface area is 170 Å². The number of rotatable bonds is 3. The Morgan fingerprint density at radius 1 is 1.00 bits per heavy atom. The molecular weight excluding hydrogens is 421 g/mol. The first-order chi connectivity index (χ1) is 14.1. The second-order valence-corrected chi connectivity index (χ2v) is 9.36. The van der Waals surface area contributed by atoms with Gasteiger partial charge in [-0.3, -0.25) is 0 Å². The number of hydrogen-bond acceptors (Lipinski definition) is 6. The minimum atomic E-state index is -4.51. The molecule has 2 unspecified atom stereocenters. The molecule has 12 heteroatoms. The minimum absolute atomic E-state index is 0.127. The number of aromatic nitrogens is 4. The van der Waals surface area contributed by atoms with Crippen LogP contribution >= 0.6 is 0 Å². The van der Waals surface area contributed by atoms with E-state index in [2.05, 4.69) is 15.3 Å². The molecular formula is C18H17F3N6O2S. The SMILES string of the molecule is Cc1nnc2ccc(N3CC4CC(C3)N4S(=O)(=O)c3ccc(C(F)(F)F)cc3)nn12. The normalized spacial score (nSPS) is 22.3. The van der Waals surface area contributed by atoms with E-state index in [4.69, 9.17) is 0 Å². The van der Waals surface area contributed by atoms with E-state index < -0.39 is 21.8 Å². The van der Waals surface area contributed by atoms with E-state index in [9.17, 15) is 21.6 Å². The zero-order chi connectivity index (χ0) is 21.3. The van der Waals surface area contributed by atoms with Gasteiger partial charge in [-0.25, -0.2) is 8.42 Å². The molecule has 2 atom stereocenters. The molecule has 158 valence electrons. The van der Waals surface area contributed by atoms with Crippen molar-refractivity contribution in [2.45, 2.75) is 36.5 Å². The highest BCUT2D eigenvalue weighted by Crippen LogP contribution is 2.39. The van der Waals surface area contributed by atoms with Crippen LogP contribution in [0.4, 0.5) is 19.0 Å². The van der Waals surface area contributed by atoms with Crippen molar-refractivity contribution in [3.63, 3.8) is 0 Å². The summed E-state index contributed by atoms with van der Waals surface area (Å²) in [5, 5.41) is 12.5. The lowest BCUT2D eigenvalue weighted by Crippen LogP contribution is -2.70. The second kappa shape index (κ2) is 6.38. The Balaban J connectivity index is 1.37. The van der Waals surface area contributed by atoms with Gasteiger partial charge in [0.15, 0.2) is 11.5 Å². The Hall–Kier alpha value is -2.73. The van der Waals surface area contributed by atoms with E-state index in [0.29, 0.717) is 36.8 Å². The van der Waals surface area contributed by atoms with E-state index in [1.807, 2.05) is 11.0 Å². The summed E-state index contributed by atoms with van der Waals surface area (Å²) in [6, 6.07) is 6.77. The van der Waals surface area contributed by atoms with Crippen molar-refractivity contribution >= 4 is 21.5 Å². The number of halogens is 3. The number of piperazine rings is 1. The number of piperidine rings is 1. The summed E-state index contributed by atoms with van der Waals surface area (Å²) in [4.78, 5) is 1.88.